The number of hydrogen-bond acceptors (Lipinski definition) is 7. The van der Waals surface area contributed by atoms with Crippen molar-refractivity contribution in [3.05, 3.63) is 94.1 Å². The molecule has 4 rings (SSSR count). The van der Waals surface area contributed by atoms with E-state index in [-0.39, 0.29) is 16.6 Å². The molecule has 37 heavy (non-hydrogen) atoms. The highest BCUT2D eigenvalue weighted by Crippen LogP contribution is 2.36. The van der Waals surface area contributed by atoms with Crippen LogP contribution in [0, 0.1) is 6.92 Å². The Bertz CT molecular complexity index is 1430. The van der Waals surface area contributed by atoms with E-state index in [9.17, 15) is 19.2 Å². The zero-order valence-corrected chi connectivity index (χ0v) is 20.9. The van der Waals surface area contributed by atoms with Gasteiger partial charge in [-0.1, -0.05) is 17.7 Å². The Hall–Kier alpha value is -4.63. The number of imide groups is 1. The van der Waals surface area contributed by atoms with Gasteiger partial charge in [0, 0.05) is 16.9 Å². The van der Waals surface area contributed by atoms with Crippen LogP contribution in [-0.2, 0) is 14.3 Å². The molecule has 0 radical (unpaired) electrons. The van der Waals surface area contributed by atoms with Gasteiger partial charge in [-0.3, -0.25) is 14.4 Å². The Morgan fingerprint density at radius 1 is 0.838 bits per heavy atom. The average molecular weight is 520 g/mol. The number of nitrogens with zero attached hydrogens (tertiary/aromatic N) is 1. The first-order valence-electron chi connectivity index (χ1n) is 11.0. The minimum atomic E-state index is -0.674. The van der Waals surface area contributed by atoms with Crippen LogP contribution in [0.2, 0.25) is 0 Å². The van der Waals surface area contributed by atoms with Crippen LogP contribution in [0.5, 0.6) is 5.75 Å². The maximum absolute atomic E-state index is 13.1. The van der Waals surface area contributed by atoms with E-state index in [4.69, 9.17) is 16.3 Å². The van der Waals surface area contributed by atoms with Crippen LogP contribution in [0.1, 0.15) is 26.3 Å². The summed E-state index contributed by atoms with van der Waals surface area (Å²) in [6.45, 7) is 1.83. The van der Waals surface area contributed by atoms with Crippen LogP contribution in [-0.4, -0.2) is 37.9 Å². The van der Waals surface area contributed by atoms with E-state index >= 15 is 0 Å². The number of carbonyl (C=O) groups excluding carboxylic acids is 4. The van der Waals surface area contributed by atoms with Crippen LogP contribution in [0.25, 0.3) is 0 Å². The molecule has 1 heterocycles. The number of hydrogen-bond donors (Lipinski definition) is 2. The van der Waals surface area contributed by atoms with Crippen LogP contribution >= 0.6 is 11.6 Å². The molecule has 0 atom stereocenters. The molecule has 10 heteroatoms. The minimum absolute atomic E-state index is 0.0851. The molecule has 0 saturated heterocycles. The summed E-state index contributed by atoms with van der Waals surface area (Å²) in [5, 5.41) is 5.36. The van der Waals surface area contributed by atoms with E-state index in [2.05, 4.69) is 15.4 Å². The number of methoxy groups -OCH3 is 2. The molecule has 0 fully saturated rings. The lowest BCUT2D eigenvalue weighted by atomic mass is 10.1. The molecule has 1 aliphatic rings. The van der Waals surface area contributed by atoms with E-state index in [1.54, 1.807) is 66.7 Å². The maximum atomic E-state index is 13.1. The van der Waals surface area contributed by atoms with Gasteiger partial charge in [0.15, 0.2) is 0 Å². The monoisotopic (exact) mass is 519 g/mol. The molecule has 188 valence electrons. The number of amides is 3. The second-order valence-electron chi connectivity index (χ2n) is 8.04. The number of halogens is 1. The topological polar surface area (TPSA) is 114 Å². The summed E-state index contributed by atoms with van der Waals surface area (Å²) in [5.74, 6) is -1.80. The second-order valence-corrected chi connectivity index (χ2v) is 8.41. The highest BCUT2D eigenvalue weighted by Gasteiger charge is 2.40. The average Bonchev–Trinajstić information content (AvgIpc) is 3.11. The van der Waals surface area contributed by atoms with Crippen molar-refractivity contribution in [2.45, 2.75) is 6.92 Å². The maximum Gasteiger partial charge on any atom is 0.337 e. The van der Waals surface area contributed by atoms with Gasteiger partial charge in [0.25, 0.3) is 17.7 Å². The zero-order valence-electron chi connectivity index (χ0n) is 20.1. The molecular weight excluding hydrogens is 498 g/mol. The summed E-state index contributed by atoms with van der Waals surface area (Å²) in [6.07, 6.45) is 0. The Balaban J connectivity index is 1.47. The number of benzene rings is 3. The number of anilines is 3. The minimum Gasteiger partial charge on any atom is -0.495 e. The Labute approximate surface area is 217 Å². The summed E-state index contributed by atoms with van der Waals surface area (Å²) in [7, 11) is 2.74. The number of rotatable bonds is 7. The van der Waals surface area contributed by atoms with Gasteiger partial charge in [0.2, 0.25) is 0 Å². The Morgan fingerprint density at radius 3 is 2.08 bits per heavy atom. The van der Waals surface area contributed by atoms with E-state index in [1.165, 1.54) is 14.2 Å². The molecule has 0 unspecified atom stereocenters. The van der Waals surface area contributed by atoms with Crippen molar-refractivity contribution in [1.29, 1.82) is 0 Å². The Morgan fingerprint density at radius 2 is 1.46 bits per heavy atom. The van der Waals surface area contributed by atoms with Crippen molar-refractivity contribution < 1.29 is 28.7 Å². The molecular formula is C27H22ClN3O6. The van der Waals surface area contributed by atoms with E-state index in [0.29, 0.717) is 33.9 Å². The van der Waals surface area contributed by atoms with Gasteiger partial charge in [-0.15, -0.1) is 0 Å². The van der Waals surface area contributed by atoms with Gasteiger partial charge in [-0.2, -0.15) is 0 Å². The third-order valence-corrected chi connectivity index (χ3v) is 5.93. The molecule has 9 nitrogen and oxygen atoms in total. The first kappa shape index (κ1) is 25.5. The first-order chi connectivity index (χ1) is 17.7. The second kappa shape index (κ2) is 10.5. The van der Waals surface area contributed by atoms with Crippen molar-refractivity contribution in [1.82, 2.24) is 0 Å². The largest absolute Gasteiger partial charge is 0.495 e. The summed E-state index contributed by atoms with van der Waals surface area (Å²) in [5.41, 5.74) is 2.70. The van der Waals surface area contributed by atoms with Crippen molar-refractivity contribution in [3.63, 3.8) is 0 Å². The molecule has 0 spiro atoms. The highest BCUT2D eigenvalue weighted by molar-refractivity contribution is 6.53. The number of aryl methyl sites for hydroxylation is 1. The lowest BCUT2D eigenvalue weighted by Crippen LogP contribution is -2.32. The van der Waals surface area contributed by atoms with Crippen LogP contribution in [0.15, 0.2) is 77.5 Å². The molecule has 3 aromatic carbocycles. The third-order valence-electron chi connectivity index (χ3n) is 5.58. The van der Waals surface area contributed by atoms with E-state index < -0.39 is 17.8 Å². The quantitative estimate of drug-likeness (QED) is 0.349. The molecule has 1 aliphatic heterocycles. The van der Waals surface area contributed by atoms with Crippen LogP contribution in [0.3, 0.4) is 0 Å². The molecule has 0 saturated carbocycles. The van der Waals surface area contributed by atoms with Gasteiger partial charge in [0.1, 0.15) is 16.5 Å². The highest BCUT2D eigenvalue weighted by atomic mass is 35.5. The van der Waals surface area contributed by atoms with Crippen molar-refractivity contribution in [2.24, 2.45) is 0 Å². The molecule has 0 aromatic heterocycles. The fraction of sp³-hybridized carbons (Fsp3) is 0.111. The van der Waals surface area contributed by atoms with Gasteiger partial charge in [-0.05, 0) is 73.2 Å². The Kier molecular flexibility index (Phi) is 7.26. The van der Waals surface area contributed by atoms with Crippen molar-refractivity contribution in [3.8, 4) is 5.75 Å². The van der Waals surface area contributed by atoms with Gasteiger partial charge >= 0.3 is 5.97 Å². The summed E-state index contributed by atoms with van der Waals surface area (Å²) in [6, 6.07) is 17.7. The molecule has 3 aromatic rings. The predicted molar refractivity (Wildman–Crippen MR) is 139 cm³/mol. The van der Waals surface area contributed by atoms with Gasteiger partial charge in [-0.25, -0.2) is 9.69 Å². The lowest BCUT2D eigenvalue weighted by Gasteiger charge is -2.18. The summed E-state index contributed by atoms with van der Waals surface area (Å²) in [4.78, 5) is 51.1. The molecule has 2 N–H and O–H groups in total. The zero-order chi connectivity index (χ0) is 26.7. The number of esters is 1. The van der Waals surface area contributed by atoms with Gasteiger partial charge < -0.3 is 20.1 Å². The fourth-order valence-corrected chi connectivity index (χ4v) is 3.88. The SMILES string of the molecule is COC(=O)c1ccc(NC(=O)c2ccc(NC3=C(Cl)C(=O)N(c4cc(C)ccc4OC)C3=O)cc2)cc1. The van der Waals surface area contributed by atoms with E-state index in [0.717, 1.165) is 10.5 Å². The molecule has 0 aliphatic carbocycles. The number of carbonyl (C=O) groups is 4. The van der Waals surface area contributed by atoms with Crippen molar-refractivity contribution >= 4 is 52.4 Å². The smallest absolute Gasteiger partial charge is 0.337 e. The van der Waals surface area contributed by atoms with E-state index in [1.807, 2.05) is 6.92 Å². The standard InChI is InChI=1S/C27H22ClN3O6/c1-15-4-13-21(36-2)20(14-15)31-25(33)22(28)23(26(31)34)29-18-9-5-16(6-10-18)24(32)30-19-11-7-17(8-12-19)27(35)37-3/h4-14,29H,1-3H3,(H,30,32). The normalized spacial score (nSPS) is 13.0. The van der Waals surface area contributed by atoms with Gasteiger partial charge in [0.05, 0.1) is 25.5 Å². The number of nitrogens with one attached hydrogen (secondary N) is 2. The fourth-order valence-electron chi connectivity index (χ4n) is 3.66. The molecule has 3 amide bonds. The lowest BCUT2D eigenvalue weighted by molar-refractivity contribution is -0.120. The third kappa shape index (κ3) is 5.17. The van der Waals surface area contributed by atoms with Crippen molar-refractivity contribution in [2.75, 3.05) is 29.8 Å². The molecule has 0 bridgehead atoms. The first-order valence-corrected chi connectivity index (χ1v) is 11.4. The van der Waals surface area contributed by atoms with Crippen LogP contribution < -0.4 is 20.3 Å². The summed E-state index contributed by atoms with van der Waals surface area (Å²) < 4.78 is 9.97. The predicted octanol–water partition coefficient (Wildman–Crippen LogP) is 4.48. The van der Waals surface area contributed by atoms with Crippen LogP contribution in [0.4, 0.5) is 17.1 Å². The summed E-state index contributed by atoms with van der Waals surface area (Å²) >= 11 is 6.24. The number of ether oxygens (including phenoxy) is 2.